The Morgan fingerprint density at radius 1 is 1.28 bits per heavy atom. The molecule has 9 nitrogen and oxygen atoms in total. The number of carbonyl (C=O) groups excluding carboxylic acids is 1. The maximum Gasteiger partial charge on any atom is 0.261 e. The maximum absolute atomic E-state index is 12.5. The van der Waals surface area contributed by atoms with Gasteiger partial charge in [-0.2, -0.15) is 0 Å². The number of carbonyl (C=O) groups is 1. The molecule has 152 valence electrons. The Labute approximate surface area is 167 Å². The molecule has 0 spiro atoms. The number of aliphatic hydroxyl groups excluding tert-OH is 1. The number of amides is 1. The standard InChI is InChI=1S/C20H24N6O3/c1-2-26-17(11-27)23-24-19(26)13-9-14(10-13)22-18(28)7-8-25-12-21-16-6-4-3-5-15(16)20(25)29/h3-6,12-14,27H,2,7-11H2,1H3,(H,22,28). The van der Waals surface area contributed by atoms with Crippen molar-refractivity contribution in [3.05, 3.63) is 52.6 Å². The molecule has 1 amide bonds. The summed E-state index contributed by atoms with van der Waals surface area (Å²) in [6.07, 6.45) is 3.31. The number of nitrogens with one attached hydrogen (secondary N) is 1. The Bertz CT molecular complexity index is 1080. The number of aliphatic hydroxyl groups is 1. The van der Waals surface area contributed by atoms with Gasteiger partial charge >= 0.3 is 0 Å². The number of aromatic nitrogens is 5. The predicted molar refractivity (Wildman–Crippen MR) is 106 cm³/mol. The van der Waals surface area contributed by atoms with Crippen LogP contribution in [0.2, 0.25) is 0 Å². The third kappa shape index (κ3) is 3.77. The molecule has 2 heterocycles. The first-order valence-corrected chi connectivity index (χ1v) is 9.87. The summed E-state index contributed by atoms with van der Waals surface area (Å²) in [5.41, 5.74) is 0.522. The number of benzene rings is 1. The first-order valence-electron chi connectivity index (χ1n) is 9.87. The van der Waals surface area contributed by atoms with E-state index in [1.165, 1.54) is 10.9 Å². The highest BCUT2D eigenvalue weighted by Crippen LogP contribution is 2.36. The summed E-state index contributed by atoms with van der Waals surface area (Å²) in [7, 11) is 0. The van der Waals surface area contributed by atoms with Gasteiger partial charge in [0.25, 0.3) is 5.56 Å². The molecule has 2 N–H and O–H groups in total. The molecule has 1 fully saturated rings. The van der Waals surface area contributed by atoms with Gasteiger partial charge in [0.15, 0.2) is 5.82 Å². The molecule has 0 unspecified atom stereocenters. The molecule has 1 aliphatic rings. The second-order valence-electron chi connectivity index (χ2n) is 7.32. The van der Waals surface area contributed by atoms with Crippen molar-refractivity contribution in [3.8, 4) is 0 Å². The van der Waals surface area contributed by atoms with Crippen LogP contribution in [0.5, 0.6) is 0 Å². The summed E-state index contributed by atoms with van der Waals surface area (Å²) in [6.45, 7) is 2.87. The normalized spacial score (nSPS) is 18.6. The second-order valence-corrected chi connectivity index (χ2v) is 7.32. The summed E-state index contributed by atoms with van der Waals surface area (Å²) in [4.78, 5) is 29.0. The molecular weight excluding hydrogens is 372 g/mol. The minimum absolute atomic E-state index is 0.0819. The average Bonchev–Trinajstić information content (AvgIpc) is 3.12. The Balaban J connectivity index is 1.30. The first-order chi connectivity index (χ1) is 14.1. The third-order valence-corrected chi connectivity index (χ3v) is 5.49. The van der Waals surface area contributed by atoms with E-state index < -0.39 is 0 Å². The van der Waals surface area contributed by atoms with Crippen LogP contribution in [0, 0.1) is 0 Å². The molecule has 1 aliphatic carbocycles. The van der Waals surface area contributed by atoms with Crippen molar-refractivity contribution in [3.63, 3.8) is 0 Å². The monoisotopic (exact) mass is 396 g/mol. The minimum Gasteiger partial charge on any atom is -0.388 e. The topological polar surface area (TPSA) is 115 Å². The molecule has 0 radical (unpaired) electrons. The van der Waals surface area contributed by atoms with Crippen molar-refractivity contribution in [1.29, 1.82) is 0 Å². The van der Waals surface area contributed by atoms with E-state index in [2.05, 4.69) is 20.5 Å². The van der Waals surface area contributed by atoms with Crippen LogP contribution in [0.25, 0.3) is 10.9 Å². The number of para-hydroxylation sites is 1. The number of aryl methyl sites for hydroxylation is 1. The average molecular weight is 396 g/mol. The van der Waals surface area contributed by atoms with Crippen molar-refractivity contribution < 1.29 is 9.90 Å². The molecule has 1 saturated carbocycles. The second kappa shape index (κ2) is 8.12. The van der Waals surface area contributed by atoms with E-state index >= 15 is 0 Å². The van der Waals surface area contributed by atoms with Crippen LogP contribution in [0.4, 0.5) is 0 Å². The van der Waals surface area contributed by atoms with Crippen LogP contribution in [0.15, 0.2) is 35.4 Å². The largest absolute Gasteiger partial charge is 0.388 e. The van der Waals surface area contributed by atoms with Crippen molar-refractivity contribution in [2.45, 2.75) is 57.8 Å². The third-order valence-electron chi connectivity index (χ3n) is 5.49. The Morgan fingerprint density at radius 2 is 2.07 bits per heavy atom. The van der Waals surface area contributed by atoms with Gasteiger partial charge in [-0.05, 0) is 31.9 Å². The molecule has 2 aromatic heterocycles. The molecule has 29 heavy (non-hydrogen) atoms. The fourth-order valence-corrected chi connectivity index (χ4v) is 3.85. The highest BCUT2D eigenvalue weighted by atomic mass is 16.3. The Kier molecular flexibility index (Phi) is 5.39. The summed E-state index contributed by atoms with van der Waals surface area (Å²) in [5.74, 6) is 1.60. The molecular formula is C20H24N6O3. The van der Waals surface area contributed by atoms with Gasteiger partial charge < -0.3 is 15.0 Å². The van der Waals surface area contributed by atoms with Gasteiger partial charge in [-0.15, -0.1) is 10.2 Å². The number of fused-ring (bicyclic) bond motifs is 1. The van der Waals surface area contributed by atoms with Gasteiger partial charge in [-0.3, -0.25) is 14.2 Å². The lowest BCUT2D eigenvalue weighted by Gasteiger charge is -2.35. The van der Waals surface area contributed by atoms with Crippen LogP contribution < -0.4 is 10.9 Å². The Hall–Kier alpha value is -3.07. The molecule has 0 aliphatic heterocycles. The van der Waals surface area contributed by atoms with E-state index in [1.807, 2.05) is 17.6 Å². The van der Waals surface area contributed by atoms with Gasteiger partial charge in [0.05, 0.1) is 17.2 Å². The smallest absolute Gasteiger partial charge is 0.261 e. The van der Waals surface area contributed by atoms with E-state index in [4.69, 9.17) is 0 Å². The summed E-state index contributed by atoms with van der Waals surface area (Å²) < 4.78 is 3.41. The SMILES string of the molecule is CCn1c(CO)nnc1C1CC(NC(=O)CCn2cnc3ccccc3c2=O)C1. The number of hydrogen-bond acceptors (Lipinski definition) is 6. The van der Waals surface area contributed by atoms with Gasteiger partial charge in [0.1, 0.15) is 12.4 Å². The fourth-order valence-electron chi connectivity index (χ4n) is 3.85. The van der Waals surface area contributed by atoms with E-state index in [0.717, 1.165) is 18.7 Å². The van der Waals surface area contributed by atoms with Crippen molar-refractivity contribution in [2.24, 2.45) is 0 Å². The van der Waals surface area contributed by atoms with Crippen molar-refractivity contribution in [2.75, 3.05) is 0 Å². The maximum atomic E-state index is 12.5. The molecule has 3 aromatic rings. The minimum atomic E-state index is -0.134. The summed E-state index contributed by atoms with van der Waals surface area (Å²) in [6, 6.07) is 7.28. The van der Waals surface area contributed by atoms with E-state index in [-0.39, 0.29) is 36.5 Å². The number of rotatable bonds is 7. The molecule has 9 heteroatoms. The van der Waals surface area contributed by atoms with Gasteiger partial charge in [-0.1, -0.05) is 12.1 Å². The van der Waals surface area contributed by atoms with E-state index in [0.29, 0.717) is 29.8 Å². The number of hydrogen-bond donors (Lipinski definition) is 2. The van der Waals surface area contributed by atoms with Crippen LogP contribution in [-0.2, 0) is 24.5 Å². The molecule has 1 aromatic carbocycles. The van der Waals surface area contributed by atoms with Crippen molar-refractivity contribution in [1.82, 2.24) is 29.6 Å². The van der Waals surface area contributed by atoms with Crippen molar-refractivity contribution >= 4 is 16.8 Å². The van der Waals surface area contributed by atoms with E-state index in [1.54, 1.807) is 18.2 Å². The lowest BCUT2D eigenvalue weighted by atomic mass is 9.79. The van der Waals surface area contributed by atoms with Crippen LogP contribution in [-0.4, -0.2) is 41.4 Å². The summed E-state index contributed by atoms with van der Waals surface area (Å²) >= 11 is 0. The lowest BCUT2D eigenvalue weighted by molar-refractivity contribution is -0.122. The molecule has 0 atom stereocenters. The Morgan fingerprint density at radius 3 is 2.83 bits per heavy atom. The lowest BCUT2D eigenvalue weighted by Crippen LogP contribution is -2.44. The van der Waals surface area contributed by atoms with Gasteiger partial charge in [0, 0.05) is 31.5 Å². The van der Waals surface area contributed by atoms with Gasteiger partial charge in [0.2, 0.25) is 5.91 Å². The zero-order valence-electron chi connectivity index (χ0n) is 16.3. The molecule has 4 rings (SSSR count). The molecule has 0 saturated heterocycles. The van der Waals surface area contributed by atoms with Gasteiger partial charge in [-0.25, -0.2) is 4.98 Å². The predicted octanol–water partition coefficient (Wildman–Crippen LogP) is 0.953. The quantitative estimate of drug-likeness (QED) is 0.615. The highest BCUT2D eigenvalue weighted by molar-refractivity contribution is 5.77. The van der Waals surface area contributed by atoms with Crippen LogP contribution in [0.1, 0.15) is 43.8 Å². The first kappa shape index (κ1) is 19.3. The highest BCUT2D eigenvalue weighted by Gasteiger charge is 2.35. The van der Waals surface area contributed by atoms with Crippen LogP contribution >= 0.6 is 0 Å². The zero-order chi connectivity index (χ0) is 20.4. The zero-order valence-corrected chi connectivity index (χ0v) is 16.3. The number of nitrogens with zero attached hydrogens (tertiary/aromatic N) is 5. The van der Waals surface area contributed by atoms with Crippen LogP contribution in [0.3, 0.4) is 0 Å². The summed E-state index contributed by atoms with van der Waals surface area (Å²) in [5, 5.41) is 21.1. The van der Waals surface area contributed by atoms with E-state index in [9.17, 15) is 14.7 Å². The molecule has 0 bridgehead atoms. The fraction of sp³-hybridized carbons (Fsp3) is 0.450.